The van der Waals surface area contributed by atoms with E-state index < -0.39 is 0 Å². The van der Waals surface area contributed by atoms with Gasteiger partial charge in [0.15, 0.2) is 0 Å². The van der Waals surface area contributed by atoms with Crippen LogP contribution in [0.1, 0.15) is 11.7 Å². The van der Waals surface area contributed by atoms with Crippen LogP contribution in [0.15, 0.2) is 36.5 Å². The zero-order valence-electron chi connectivity index (χ0n) is 13.3. The number of aromatic nitrogens is 2. The van der Waals surface area contributed by atoms with Gasteiger partial charge in [-0.05, 0) is 7.05 Å². The number of rotatable bonds is 5. The SMILES string of the molecule is CNCC(c1cn(C)c(-c2ccccc2)n1)N1CCOCC1. The maximum atomic E-state index is 5.47. The van der Waals surface area contributed by atoms with Crippen LogP contribution in [0, 0.1) is 0 Å². The first kappa shape index (κ1) is 15.2. The lowest BCUT2D eigenvalue weighted by Crippen LogP contribution is -2.42. The molecular weight excluding hydrogens is 276 g/mol. The van der Waals surface area contributed by atoms with Gasteiger partial charge in [-0.2, -0.15) is 0 Å². The number of nitrogens with zero attached hydrogens (tertiary/aromatic N) is 3. The van der Waals surface area contributed by atoms with Gasteiger partial charge in [0.2, 0.25) is 0 Å². The van der Waals surface area contributed by atoms with Gasteiger partial charge in [0, 0.05) is 38.4 Å². The zero-order valence-corrected chi connectivity index (χ0v) is 13.3. The van der Waals surface area contributed by atoms with Crippen LogP contribution >= 0.6 is 0 Å². The second-order valence-electron chi connectivity index (χ2n) is 5.69. The lowest BCUT2D eigenvalue weighted by molar-refractivity contribution is 0.0157. The minimum absolute atomic E-state index is 0.289. The fourth-order valence-corrected chi connectivity index (χ4v) is 3.01. The molecule has 1 unspecified atom stereocenters. The Morgan fingerprint density at radius 1 is 1.23 bits per heavy atom. The first-order chi connectivity index (χ1) is 10.8. The predicted octanol–water partition coefficient (Wildman–Crippen LogP) is 1.68. The molecule has 0 spiro atoms. The topological polar surface area (TPSA) is 42.3 Å². The Labute approximate surface area is 131 Å². The Balaban J connectivity index is 1.88. The molecule has 2 heterocycles. The van der Waals surface area contributed by atoms with Gasteiger partial charge in [-0.1, -0.05) is 30.3 Å². The van der Waals surface area contributed by atoms with Crippen molar-refractivity contribution >= 4 is 0 Å². The van der Waals surface area contributed by atoms with Gasteiger partial charge in [-0.3, -0.25) is 4.90 Å². The molecule has 5 nitrogen and oxygen atoms in total. The lowest BCUT2D eigenvalue weighted by atomic mass is 10.1. The molecule has 2 aromatic rings. The molecule has 1 aromatic heterocycles. The largest absolute Gasteiger partial charge is 0.379 e. The Morgan fingerprint density at radius 2 is 1.95 bits per heavy atom. The molecule has 1 aliphatic rings. The van der Waals surface area contributed by atoms with E-state index in [0.29, 0.717) is 0 Å². The summed E-state index contributed by atoms with van der Waals surface area (Å²) in [5, 5.41) is 3.30. The van der Waals surface area contributed by atoms with E-state index in [1.54, 1.807) is 0 Å². The highest BCUT2D eigenvalue weighted by Crippen LogP contribution is 2.24. The van der Waals surface area contributed by atoms with Crippen molar-refractivity contribution in [2.24, 2.45) is 7.05 Å². The van der Waals surface area contributed by atoms with Crippen molar-refractivity contribution in [2.75, 3.05) is 39.9 Å². The molecule has 1 fully saturated rings. The summed E-state index contributed by atoms with van der Waals surface area (Å²) in [6.45, 7) is 4.43. The first-order valence-electron chi connectivity index (χ1n) is 7.84. The van der Waals surface area contributed by atoms with Crippen molar-refractivity contribution < 1.29 is 4.74 Å². The lowest BCUT2D eigenvalue weighted by Gasteiger charge is -2.33. The number of morpholine rings is 1. The summed E-state index contributed by atoms with van der Waals surface area (Å²) in [6.07, 6.45) is 2.15. The molecular formula is C17H24N4O. The first-order valence-corrected chi connectivity index (χ1v) is 7.84. The predicted molar refractivity (Wildman–Crippen MR) is 87.7 cm³/mol. The number of hydrogen-bond acceptors (Lipinski definition) is 4. The third-order valence-electron chi connectivity index (χ3n) is 4.15. The maximum absolute atomic E-state index is 5.47. The normalized spacial score (nSPS) is 17.5. The Kier molecular flexibility index (Phi) is 4.87. The van der Waals surface area contributed by atoms with Crippen LogP contribution in [0.5, 0.6) is 0 Å². The van der Waals surface area contributed by atoms with Crippen molar-refractivity contribution in [3.05, 3.63) is 42.2 Å². The smallest absolute Gasteiger partial charge is 0.140 e. The molecule has 118 valence electrons. The van der Waals surface area contributed by atoms with Crippen LogP contribution in [-0.4, -0.2) is 54.3 Å². The number of imidazole rings is 1. The summed E-state index contributed by atoms with van der Waals surface area (Å²) in [5.41, 5.74) is 2.28. The Bertz CT molecular complexity index is 590. The van der Waals surface area contributed by atoms with Crippen LogP contribution in [0.4, 0.5) is 0 Å². The van der Waals surface area contributed by atoms with E-state index in [0.717, 1.165) is 49.9 Å². The molecule has 3 rings (SSSR count). The second kappa shape index (κ2) is 7.05. The molecule has 0 saturated carbocycles. The molecule has 1 saturated heterocycles. The van der Waals surface area contributed by atoms with E-state index in [2.05, 4.69) is 52.3 Å². The van der Waals surface area contributed by atoms with E-state index in [1.165, 1.54) is 0 Å². The minimum Gasteiger partial charge on any atom is -0.379 e. The minimum atomic E-state index is 0.289. The van der Waals surface area contributed by atoms with Crippen molar-refractivity contribution in [3.8, 4) is 11.4 Å². The number of aryl methyl sites for hydroxylation is 1. The van der Waals surface area contributed by atoms with E-state index >= 15 is 0 Å². The standard InChI is InChI=1S/C17H24N4O/c1-18-12-16(21-8-10-22-11-9-21)15-13-20(2)17(19-15)14-6-4-3-5-7-14/h3-7,13,16,18H,8-12H2,1-2H3. The molecule has 1 atom stereocenters. The van der Waals surface area contributed by atoms with Gasteiger partial charge in [0.25, 0.3) is 0 Å². The van der Waals surface area contributed by atoms with Gasteiger partial charge in [-0.15, -0.1) is 0 Å². The number of hydrogen-bond donors (Lipinski definition) is 1. The summed E-state index contributed by atoms with van der Waals surface area (Å²) in [4.78, 5) is 7.37. The summed E-state index contributed by atoms with van der Waals surface area (Å²) in [7, 11) is 4.06. The van der Waals surface area contributed by atoms with Crippen molar-refractivity contribution in [1.29, 1.82) is 0 Å². The van der Waals surface area contributed by atoms with E-state index in [-0.39, 0.29) is 6.04 Å². The van der Waals surface area contributed by atoms with Gasteiger partial charge in [0.1, 0.15) is 5.82 Å². The monoisotopic (exact) mass is 300 g/mol. The highest BCUT2D eigenvalue weighted by Gasteiger charge is 2.25. The molecule has 0 radical (unpaired) electrons. The van der Waals surface area contributed by atoms with E-state index in [4.69, 9.17) is 9.72 Å². The number of nitrogens with one attached hydrogen (secondary N) is 1. The fourth-order valence-electron chi connectivity index (χ4n) is 3.01. The number of likely N-dealkylation sites (N-methyl/N-ethyl adjacent to an activating group) is 1. The molecule has 1 aliphatic heterocycles. The highest BCUT2D eigenvalue weighted by atomic mass is 16.5. The van der Waals surface area contributed by atoms with Gasteiger partial charge >= 0.3 is 0 Å². The Morgan fingerprint density at radius 3 is 2.64 bits per heavy atom. The number of benzene rings is 1. The average Bonchev–Trinajstić information content (AvgIpc) is 2.96. The summed E-state index contributed by atoms with van der Waals surface area (Å²) >= 11 is 0. The van der Waals surface area contributed by atoms with Gasteiger partial charge in [-0.25, -0.2) is 4.98 Å². The van der Waals surface area contributed by atoms with Crippen molar-refractivity contribution in [3.63, 3.8) is 0 Å². The van der Waals surface area contributed by atoms with Crippen LogP contribution in [0.3, 0.4) is 0 Å². The molecule has 0 amide bonds. The van der Waals surface area contributed by atoms with Gasteiger partial charge < -0.3 is 14.6 Å². The zero-order chi connectivity index (χ0) is 15.4. The molecule has 1 aromatic carbocycles. The van der Waals surface area contributed by atoms with Crippen molar-refractivity contribution in [2.45, 2.75) is 6.04 Å². The van der Waals surface area contributed by atoms with Crippen molar-refractivity contribution in [1.82, 2.24) is 19.8 Å². The summed E-state index contributed by atoms with van der Waals surface area (Å²) in [5.74, 6) is 1.02. The molecule has 1 N–H and O–H groups in total. The summed E-state index contributed by atoms with van der Waals surface area (Å²) < 4.78 is 7.59. The summed E-state index contributed by atoms with van der Waals surface area (Å²) in [6, 6.07) is 10.6. The average molecular weight is 300 g/mol. The maximum Gasteiger partial charge on any atom is 0.140 e. The fraction of sp³-hybridized carbons (Fsp3) is 0.471. The molecule has 5 heteroatoms. The number of ether oxygens (including phenoxy) is 1. The molecule has 0 aliphatic carbocycles. The third-order valence-corrected chi connectivity index (χ3v) is 4.15. The molecule has 0 bridgehead atoms. The van der Waals surface area contributed by atoms with Crippen LogP contribution < -0.4 is 5.32 Å². The van der Waals surface area contributed by atoms with E-state index in [9.17, 15) is 0 Å². The Hall–Kier alpha value is -1.69. The van der Waals surface area contributed by atoms with Crippen LogP contribution in [0.2, 0.25) is 0 Å². The van der Waals surface area contributed by atoms with Gasteiger partial charge in [0.05, 0.1) is 24.9 Å². The van der Waals surface area contributed by atoms with E-state index in [1.807, 2.05) is 13.1 Å². The third kappa shape index (κ3) is 3.21. The van der Waals surface area contributed by atoms with Crippen LogP contribution in [-0.2, 0) is 11.8 Å². The quantitative estimate of drug-likeness (QED) is 0.912. The highest BCUT2D eigenvalue weighted by molar-refractivity contribution is 5.55. The second-order valence-corrected chi connectivity index (χ2v) is 5.69. The molecule has 22 heavy (non-hydrogen) atoms. The van der Waals surface area contributed by atoms with Crippen LogP contribution in [0.25, 0.3) is 11.4 Å².